The summed E-state index contributed by atoms with van der Waals surface area (Å²) in [5, 5.41) is 6.57. The van der Waals surface area contributed by atoms with Crippen molar-refractivity contribution in [2.45, 2.75) is 37.6 Å². The van der Waals surface area contributed by atoms with Crippen LogP contribution >= 0.6 is 0 Å². The van der Waals surface area contributed by atoms with Gasteiger partial charge in [0, 0.05) is 24.2 Å². The Bertz CT molecular complexity index is 396. The topological polar surface area (TPSA) is 49.8 Å². The van der Waals surface area contributed by atoms with Crippen LogP contribution in [0.25, 0.3) is 0 Å². The van der Waals surface area contributed by atoms with Crippen LogP contribution in [0.15, 0.2) is 10.9 Å². The van der Waals surface area contributed by atoms with E-state index in [0.717, 1.165) is 25.2 Å². The van der Waals surface area contributed by atoms with E-state index < -0.39 is 0 Å². The van der Waals surface area contributed by atoms with Crippen LogP contribution in [0.4, 0.5) is 0 Å². The number of aromatic amines is 1. The van der Waals surface area contributed by atoms with Gasteiger partial charge in [0.2, 0.25) is 0 Å². The van der Waals surface area contributed by atoms with Gasteiger partial charge in [0.1, 0.15) is 0 Å². The van der Waals surface area contributed by atoms with Crippen molar-refractivity contribution >= 4 is 0 Å². The smallest absolute Gasteiger partial charge is 0.267 e. The lowest BCUT2D eigenvalue weighted by Crippen LogP contribution is -2.23. The molecule has 4 heteroatoms. The van der Waals surface area contributed by atoms with Crippen LogP contribution in [0.3, 0.4) is 0 Å². The molecule has 3 rings (SSSR count). The second kappa shape index (κ2) is 3.52. The molecule has 82 valence electrons. The molecule has 0 aromatic carbocycles. The van der Waals surface area contributed by atoms with Crippen LogP contribution < -0.4 is 10.9 Å². The van der Waals surface area contributed by atoms with Crippen molar-refractivity contribution < 1.29 is 0 Å². The lowest BCUT2D eigenvalue weighted by Gasteiger charge is -2.23. The Hall–Kier alpha value is -1.03. The van der Waals surface area contributed by atoms with E-state index in [4.69, 9.17) is 0 Å². The maximum absolute atomic E-state index is 11.8. The Morgan fingerprint density at radius 1 is 1.33 bits per heavy atom. The second-order valence-electron chi connectivity index (χ2n) is 4.69. The number of rotatable bonds is 2. The summed E-state index contributed by atoms with van der Waals surface area (Å²) in [5.41, 5.74) is 1.30. The van der Waals surface area contributed by atoms with Gasteiger partial charge in [0.05, 0.1) is 6.04 Å². The molecule has 2 aliphatic rings. The first-order valence-electron chi connectivity index (χ1n) is 5.87. The van der Waals surface area contributed by atoms with E-state index in [-0.39, 0.29) is 5.56 Å². The highest BCUT2D eigenvalue weighted by atomic mass is 16.1. The predicted octanol–water partition coefficient (Wildman–Crippen LogP) is 0.978. The SMILES string of the molecule is O=c1cc(C2CCC2)[nH]n1C1CCNC1. The van der Waals surface area contributed by atoms with Gasteiger partial charge in [0.25, 0.3) is 5.56 Å². The highest BCUT2D eigenvalue weighted by Gasteiger charge is 2.24. The molecule has 4 nitrogen and oxygen atoms in total. The molecule has 1 aromatic heterocycles. The van der Waals surface area contributed by atoms with Gasteiger partial charge in [-0.1, -0.05) is 6.42 Å². The summed E-state index contributed by atoms with van der Waals surface area (Å²) in [6, 6.07) is 2.13. The van der Waals surface area contributed by atoms with Crippen molar-refractivity contribution in [1.82, 2.24) is 15.1 Å². The fourth-order valence-corrected chi connectivity index (χ4v) is 2.49. The summed E-state index contributed by atoms with van der Waals surface area (Å²) < 4.78 is 1.81. The third kappa shape index (κ3) is 1.53. The summed E-state index contributed by atoms with van der Waals surface area (Å²) >= 11 is 0. The van der Waals surface area contributed by atoms with E-state index in [1.165, 1.54) is 19.3 Å². The van der Waals surface area contributed by atoms with Gasteiger partial charge < -0.3 is 5.32 Å². The largest absolute Gasteiger partial charge is 0.315 e. The van der Waals surface area contributed by atoms with Crippen LogP contribution in [-0.2, 0) is 0 Å². The third-order valence-electron chi connectivity index (χ3n) is 3.71. The van der Waals surface area contributed by atoms with Crippen LogP contribution in [-0.4, -0.2) is 22.9 Å². The molecule has 1 saturated carbocycles. The molecule has 0 spiro atoms. The van der Waals surface area contributed by atoms with E-state index >= 15 is 0 Å². The quantitative estimate of drug-likeness (QED) is 0.759. The molecule has 1 saturated heterocycles. The fraction of sp³-hybridized carbons (Fsp3) is 0.727. The van der Waals surface area contributed by atoms with E-state index in [2.05, 4.69) is 10.4 Å². The normalized spacial score (nSPS) is 26.8. The van der Waals surface area contributed by atoms with E-state index in [9.17, 15) is 4.79 Å². The zero-order valence-electron chi connectivity index (χ0n) is 8.83. The first kappa shape index (κ1) is 9.21. The number of aromatic nitrogens is 2. The average Bonchev–Trinajstić information content (AvgIpc) is 2.70. The number of nitrogens with zero attached hydrogens (tertiary/aromatic N) is 1. The van der Waals surface area contributed by atoms with Crippen molar-refractivity contribution in [3.8, 4) is 0 Å². The van der Waals surface area contributed by atoms with Crippen LogP contribution in [0.1, 0.15) is 43.3 Å². The van der Waals surface area contributed by atoms with Crippen molar-refractivity contribution in [2.75, 3.05) is 13.1 Å². The first-order valence-corrected chi connectivity index (χ1v) is 5.87. The van der Waals surface area contributed by atoms with Crippen LogP contribution in [0.2, 0.25) is 0 Å². The molecule has 2 fully saturated rings. The number of hydrogen-bond acceptors (Lipinski definition) is 2. The molecule has 2 heterocycles. The Balaban J connectivity index is 1.87. The molecule has 1 aromatic rings. The fourth-order valence-electron chi connectivity index (χ4n) is 2.49. The van der Waals surface area contributed by atoms with Gasteiger partial charge in [-0.05, 0) is 25.8 Å². The predicted molar refractivity (Wildman–Crippen MR) is 58.2 cm³/mol. The molecule has 0 radical (unpaired) electrons. The Morgan fingerprint density at radius 3 is 2.80 bits per heavy atom. The van der Waals surface area contributed by atoms with Crippen LogP contribution in [0, 0.1) is 0 Å². The summed E-state index contributed by atoms with van der Waals surface area (Å²) in [7, 11) is 0. The standard InChI is InChI=1S/C11H17N3O/c15-11-6-10(8-2-1-3-8)13-14(11)9-4-5-12-7-9/h6,8-9,12-13H,1-5,7H2. The molecule has 2 N–H and O–H groups in total. The number of H-pyrrole nitrogens is 1. The van der Waals surface area contributed by atoms with Crippen LogP contribution in [0.5, 0.6) is 0 Å². The summed E-state index contributed by atoms with van der Waals surface area (Å²) in [6.45, 7) is 1.94. The zero-order valence-corrected chi connectivity index (χ0v) is 8.83. The minimum Gasteiger partial charge on any atom is -0.315 e. The molecular formula is C11H17N3O. The maximum Gasteiger partial charge on any atom is 0.267 e. The lowest BCUT2D eigenvalue weighted by atomic mass is 9.83. The molecule has 1 atom stereocenters. The Morgan fingerprint density at radius 2 is 2.20 bits per heavy atom. The van der Waals surface area contributed by atoms with Gasteiger partial charge in [-0.2, -0.15) is 0 Å². The van der Waals surface area contributed by atoms with Gasteiger partial charge in [-0.15, -0.1) is 0 Å². The highest BCUT2D eigenvalue weighted by molar-refractivity contribution is 5.10. The Labute approximate surface area is 88.7 Å². The summed E-state index contributed by atoms with van der Waals surface area (Å²) in [5.74, 6) is 0.619. The number of nitrogens with one attached hydrogen (secondary N) is 2. The molecular weight excluding hydrogens is 190 g/mol. The first-order chi connectivity index (χ1) is 7.34. The van der Waals surface area contributed by atoms with Gasteiger partial charge in [-0.25, -0.2) is 4.68 Å². The average molecular weight is 207 g/mol. The highest BCUT2D eigenvalue weighted by Crippen LogP contribution is 2.34. The van der Waals surface area contributed by atoms with Crippen molar-refractivity contribution in [3.05, 3.63) is 22.1 Å². The zero-order chi connectivity index (χ0) is 10.3. The molecule has 1 unspecified atom stereocenters. The van der Waals surface area contributed by atoms with Crippen molar-refractivity contribution in [1.29, 1.82) is 0 Å². The summed E-state index contributed by atoms with van der Waals surface area (Å²) in [4.78, 5) is 11.8. The van der Waals surface area contributed by atoms with Crippen molar-refractivity contribution in [2.24, 2.45) is 0 Å². The molecule has 0 bridgehead atoms. The lowest BCUT2D eigenvalue weighted by molar-refractivity contribution is 0.397. The Kier molecular flexibility index (Phi) is 2.16. The minimum atomic E-state index is 0.144. The second-order valence-corrected chi connectivity index (χ2v) is 4.69. The van der Waals surface area contributed by atoms with Gasteiger partial charge in [-0.3, -0.25) is 9.89 Å². The monoisotopic (exact) mass is 207 g/mol. The molecule has 15 heavy (non-hydrogen) atoms. The van der Waals surface area contributed by atoms with Crippen molar-refractivity contribution in [3.63, 3.8) is 0 Å². The van der Waals surface area contributed by atoms with E-state index in [1.807, 2.05) is 4.68 Å². The minimum absolute atomic E-state index is 0.144. The van der Waals surface area contributed by atoms with Gasteiger partial charge >= 0.3 is 0 Å². The summed E-state index contributed by atoms with van der Waals surface area (Å²) in [6.07, 6.45) is 4.85. The maximum atomic E-state index is 11.8. The molecule has 0 amide bonds. The van der Waals surface area contributed by atoms with E-state index in [1.54, 1.807) is 6.07 Å². The number of hydrogen-bond donors (Lipinski definition) is 2. The molecule has 1 aliphatic heterocycles. The van der Waals surface area contributed by atoms with E-state index in [0.29, 0.717) is 12.0 Å². The molecule has 1 aliphatic carbocycles. The van der Waals surface area contributed by atoms with Gasteiger partial charge in [0.15, 0.2) is 0 Å². The third-order valence-corrected chi connectivity index (χ3v) is 3.71.